The van der Waals surface area contributed by atoms with Crippen molar-refractivity contribution in [1.29, 1.82) is 0 Å². The van der Waals surface area contributed by atoms with E-state index >= 15 is 4.79 Å². The van der Waals surface area contributed by atoms with Gasteiger partial charge in [-0.25, -0.2) is 0 Å². The molecule has 1 aliphatic rings. The molecule has 6 aromatic rings. The molecule has 0 heterocycles. The van der Waals surface area contributed by atoms with E-state index in [0.29, 0.717) is 52.0 Å². The Labute approximate surface area is 351 Å². The van der Waals surface area contributed by atoms with Gasteiger partial charge in [-0.1, -0.05) is 152 Å². The molecule has 0 aromatic heterocycles. The average molecular weight is 827 g/mol. The highest BCUT2D eigenvalue weighted by molar-refractivity contribution is 7.43. The van der Waals surface area contributed by atoms with Gasteiger partial charge in [-0.3, -0.25) is 4.79 Å². The predicted octanol–water partition coefficient (Wildman–Crippen LogP) is 14.8. The van der Waals surface area contributed by atoms with Crippen LogP contribution in [-0.4, -0.2) is 5.78 Å². The number of ketones is 1. The van der Waals surface area contributed by atoms with Crippen LogP contribution in [0.3, 0.4) is 0 Å². The number of hydrogen-bond donors (Lipinski definition) is 0. The van der Waals surface area contributed by atoms with Crippen molar-refractivity contribution in [2.75, 3.05) is 0 Å². The molecule has 0 spiro atoms. The molecule has 0 fully saturated rings. The molecule has 0 saturated carbocycles. The van der Waals surface area contributed by atoms with Gasteiger partial charge in [0.1, 0.15) is 34.5 Å². The van der Waals surface area contributed by atoms with Crippen molar-refractivity contribution in [3.05, 3.63) is 178 Å². The van der Waals surface area contributed by atoms with Gasteiger partial charge < -0.3 is 27.1 Å². The minimum absolute atomic E-state index is 0.197. The van der Waals surface area contributed by atoms with Gasteiger partial charge in [0, 0.05) is 0 Å². The van der Waals surface area contributed by atoms with Crippen LogP contribution in [0.15, 0.2) is 133 Å². The molecule has 59 heavy (non-hydrogen) atoms. The standard InChI is InChI=1S/C50H52O7P2/c1-32(2)38-21-9-13-25-42(38)52-58(53-43-26-14-10-22-39(43)33(3)4)56-46-29-17-19-36-31-37-20-18-30-47(49(37)50(51)48(36)46)57-59(54-44-27-15-11-23-40(44)34(5)6)55-45-28-16-12-24-41(45)35(7)8/h9-30,32-35H,31H2,1-8H3. The zero-order valence-corrected chi connectivity index (χ0v) is 36.8. The maximum absolute atomic E-state index is 15.0. The second-order valence-corrected chi connectivity index (χ2v) is 17.8. The van der Waals surface area contributed by atoms with Crippen LogP contribution in [-0.2, 0) is 6.42 Å². The highest BCUT2D eigenvalue weighted by Gasteiger charge is 2.34. The number of fused-ring (bicyclic) bond motifs is 2. The number of hydrogen-bond acceptors (Lipinski definition) is 7. The van der Waals surface area contributed by atoms with E-state index in [1.54, 1.807) is 12.1 Å². The molecule has 0 radical (unpaired) electrons. The minimum Gasteiger partial charge on any atom is -0.408 e. The highest BCUT2D eigenvalue weighted by atomic mass is 31.2. The first-order valence-corrected chi connectivity index (χ1v) is 22.5. The zero-order valence-electron chi connectivity index (χ0n) is 35.0. The summed E-state index contributed by atoms with van der Waals surface area (Å²) >= 11 is 0. The molecule has 0 atom stereocenters. The molecular formula is C50H52O7P2. The first-order valence-electron chi connectivity index (χ1n) is 20.3. The topological polar surface area (TPSA) is 72.5 Å². The Hall–Kier alpha value is -5.35. The number of carbonyl (C=O) groups is 1. The zero-order chi connectivity index (χ0) is 41.6. The number of carbonyl (C=O) groups excluding carboxylic acids is 1. The van der Waals surface area contributed by atoms with Crippen LogP contribution >= 0.6 is 17.2 Å². The second kappa shape index (κ2) is 18.7. The Bertz CT molecular complexity index is 2130. The molecule has 7 rings (SSSR count). The lowest BCUT2D eigenvalue weighted by atomic mass is 9.84. The first kappa shape index (κ1) is 41.8. The van der Waals surface area contributed by atoms with E-state index in [-0.39, 0.29) is 29.5 Å². The smallest absolute Gasteiger partial charge is 0.408 e. The fourth-order valence-corrected chi connectivity index (χ4v) is 9.36. The summed E-state index contributed by atoms with van der Waals surface area (Å²) in [4.78, 5) is 15.0. The largest absolute Gasteiger partial charge is 0.530 e. The van der Waals surface area contributed by atoms with Crippen LogP contribution in [0.25, 0.3) is 0 Å². The predicted molar refractivity (Wildman–Crippen MR) is 239 cm³/mol. The van der Waals surface area contributed by atoms with Crippen LogP contribution in [0.2, 0.25) is 0 Å². The molecule has 0 amide bonds. The third-order valence-corrected chi connectivity index (χ3v) is 12.3. The van der Waals surface area contributed by atoms with Gasteiger partial charge in [-0.2, -0.15) is 0 Å². The fraction of sp³-hybridized carbons (Fsp3) is 0.260. The average Bonchev–Trinajstić information content (AvgIpc) is 3.21. The van der Waals surface area contributed by atoms with E-state index in [0.717, 1.165) is 33.4 Å². The van der Waals surface area contributed by atoms with Gasteiger partial charge >= 0.3 is 17.2 Å². The van der Waals surface area contributed by atoms with Crippen LogP contribution in [0.4, 0.5) is 0 Å². The SMILES string of the molecule is CC(C)c1ccccc1OP(Oc1ccccc1C(C)C)Oc1cccc2c1C(=O)c1c(cccc1OP(Oc1ccccc1C(C)C)Oc1ccccc1C(C)C)C2. The van der Waals surface area contributed by atoms with Gasteiger partial charge in [-0.15, -0.1) is 0 Å². The maximum Gasteiger partial charge on any atom is 0.530 e. The van der Waals surface area contributed by atoms with E-state index in [1.165, 1.54) is 0 Å². The number of benzene rings is 6. The van der Waals surface area contributed by atoms with Crippen molar-refractivity contribution in [1.82, 2.24) is 0 Å². The molecule has 0 saturated heterocycles. The van der Waals surface area contributed by atoms with Crippen molar-refractivity contribution < 1.29 is 31.9 Å². The third kappa shape index (κ3) is 9.59. The summed E-state index contributed by atoms with van der Waals surface area (Å²) in [5.74, 6) is 3.96. The van der Waals surface area contributed by atoms with E-state index in [4.69, 9.17) is 27.1 Å². The summed E-state index contributed by atoms with van der Waals surface area (Å²) in [5.41, 5.74) is 6.65. The van der Waals surface area contributed by atoms with Gasteiger partial charge in [0.15, 0.2) is 0 Å². The van der Waals surface area contributed by atoms with E-state index in [1.807, 2.05) is 121 Å². The third-order valence-electron chi connectivity index (χ3n) is 10.3. The second-order valence-electron chi connectivity index (χ2n) is 15.9. The summed E-state index contributed by atoms with van der Waals surface area (Å²) in [6.45, 7) is 17.0. The first-order chi connectivity index (χ1) is 28.5. The number of para-hydroxylation sites is 4. The monoisotopic (exact) mass is 826 g/mol. The molecule has 6 aromatic carbocycles. The summed E-state index contributed by atoms with van der Waals surface area (Å²) in [6, 6.07) is 43.0. The van der Waals surface area contributed by atoms with Crippen molar-refractivity contribution in [2.24, 2.45) is 0 Å². The van der Waals surface area contributed by atoms with Crippen molar-refractivity contribution >= 4 is 23.0 Å². The Morgan fingerprint density at radius 3 is 0.898 bits per heavy atom. The van der Waals surface area contributed by atoms with Crippen molar-refractivity contribution in [2.45, 2.75) is 85.5 Å². The highest BCUT2D eigenvalue weighted by Crippen LogP contribution is 2.51. The van der Waals surface area contributed by atoms with E-state index in [9.17, 15) is 0 Å². The Morgan fingerprint density at radius 1 is 0.356 bits per heavy atom. The molecular weight excluding hydrogens is 774 g/mol. The van der Waals surface area contributed by atoms with Crippen LogP contribution < -0.4 is 27.1 Å². The van der Waals surface area contributed by atoms with Gasteiger partial charge in [0.2, 0.25) is 5.78 Å². The lowest BCUT2D eigenvalue weighted by Crippen LogP contribution is -2.18. The lowest BCUT2D eigenvalue weighted by molar-refractivity contribution is 0.103. The quantitative estimate of drug-likeness (QED) is 0.0899. The molecule has 0 aliphatic heterocycles. The Kier molecular flexibility index (Phi) is 13.3. The molecule has 0 unspecified atom stereocenters. The van der Waals surface area contributed by atoms with Crippen LogP contribution in [0.1, 0.15) is 128 Å². The lowest BCUT2D eigenvalue weighted by Gasteiger charge is -2.26. The molecule has 0 bridgehead atoms. The Balaban J connectivity index is 1.25. The maximum atomic E-state index is 15.0. The van der Waals surface area contributed by atoms with Gasteiger partial charge in [-0.05, 0) is 99.9 Å². The Morgan fingerprint density at radius 2 is 0.610 bits per heavy atom. The summed E-state index contributed by atoms with van der Waals surface area (Å²) in [5, 5.41) is 0. The number of rotatable bonds is 16. The summed E-state index contributed by atoms with van der Waals surface area (Å²) < 4.78 is 40.0. The molecule has 304 valence electrons. The normalized spacial score (nSPS) is 12.3. The van der Waals surface area contributed by atoms with Crippen LogP contribution in [0, 0.1) is 0 Å². The van der Waals surface area contributed by atoms with Crippen LogP contribution in [0.5, 0.6) is 34.5 Å². The molecule has 0 N–H and O–H groups in total. The minimum atomic E-state index is -2.09. The van der Waals surface area contributed by atoms with E-state index in [2.05, 4.69) is 55.4 Å². The van der Waals surface area contributed by atoms with Crippen molar-refractivity contribution in [3.8, 4) is 34.5 Å². The molecule has 1 aliphatic carbocycles. The fourth-order valence-electron chi connectivity index (χ4n) is 7.20. The summed E-state index contributed by atoms with van der Waals surface area (Å²) in [6.07, 6.45) is 0.489. The van der Waals surface area contributed by atoms with Gasteiger partial charge in [0.25, 0.3) is 0 Å². The molecule has 9 heteroatoms. The summed E-state index contributed by atoms with van der Waals surface area (Å²) in [7, 11) is -4.18. The van der Waals surface area contributed by atoms with Gasteiger partial charge in [0.05, 0.1) is 11.1 Å². The van der Waals surface area contributed by atoms with Crippen molar-refractivity contribution in [3.63, 3.8) is 0 Å². The van der Waals surface area contributed by atoms with E-state index < -0.39 is 17.2 Å². The molecule has 7 nitrogen and oxygen atoms in total.